The number of nitrogens with two attached hydrogens (primary N) is 1. The van der Waals surface area contributed by atoms with E-state index in [1.165, 1.54) is 0 Å². The lowest BCUT2D eigenvalue weighted by Crippen LogP contribution is -2.08. The van der Waals surface area contributed by atoms with Gasteiger partial charge in [0.05, 0.1) is 4.91 Å². The van der Waals surface area contributed by atoms with E-state index in [2.05, 4.69) is 0 Å². The van der Waals surface area contributed by atoms with Crippen LogP contribution in [0.3, 0.4) is 0 Å². The van der Waals surface area contributed by atoms with Crippen molar-refractivity contribution in [3.8, 4) is 0 Å². The van der Waals surface area contributed by atoms with Crippen LogP contribution in [0, 0.1) is 11.8 Å². The maximum atomic E-state index is 10.5. The summed E-state index contributed by atoms with van der Waals surface area (Å²) in [4.78, 5) is 10.8. The maximum absolute atomic E-state index is 10.5. The second-order valence-corrected chi connectivity index (χ2v) is 2.16. The van der Waals surface area contributed by atoms with E-state index in [0.29, 0.717) is 10.6 Å². The minimum absolute atomic E-state index is 0.354. The van der Waals surface area contributed by atoms with E-state index in [9.17, 15) is 4.91 Å². The number of hydrogen-bond donors (Lipinski definition) is 1. The second-order valence-electron chi connectivity index (χ2n) is 2.16. The zero-order valence-electron chi connectivity index (χ0n) is 5.74. The highest BCUT2D eigenvalue weighted by Gasteiger charge is 2.05. The Balaban J connectivity index is 3.07. The summed E-state index contributed by atoms with van der Waals surface area (Å²) in [6.07, 6.45) is 0. The van der Waals surface area contributed by atoms with Gasteiger partial charge in [-0.25, -0.2) is 0 Å². The smallest absolute Gasteiger partial charge is 0.159 e. The summed E-state index contributed by atoms with van der Waals surface area (Å²) >= 11 is 0. The van der Waals surface area contributed by atoms with Crippen LogP contribution in [0.25, 0.3) is 0 Å². The van der Waals surface area contributed by atoms with Gasteiger partial charge in [0.2, 0.25) is 0 Å². The summed E-state index contributed by atoms with van der Waals surface area (Å²) in [6, 6.07) is 7.10. The highest BCUT2D eigenvalue weighted by Crippen LogP contribution is 2.09. The van der Waals surface area contributed by atoms with Crippen LogP contribution in [0.5, 0.6) is 0 Å². The molecule has 0 aromatic heterocycles. The van der Waals surface area contributed by atoms with Gasteiger partial charge in [0, 0.05) is 12.1 Å². The molecule has 0 radical (unpaired) electrons. The number of rotatable bonds is 1. The first-order valence-corrected chi connectivity index (χ1v) is 2.99. The van der Waals surface area contributed by atoms with Crippen LogP contribution in [-0.4, -0.2) is 4.87 Å². The molecule has 0 unspecified atom stereocenters. The number of benzene rings is 1. The summed E-state index contributed by atoms with van der Waals surface area (Å²) in [5, 5.41) is 0. The topological polar surface area (TPSA) is 46.1 Å². The van der Waals surface area contributed by atoms with Gasteiger partial charge in [-0.15, -0.1) is 0 Å². The first-order chi connectivity index (χ1) is 4.70. The van der Waals surface area contributed by atoms with Gasteiger partial charge in [0.15, 0.2) is 4.87 Å². The van der Waals surface area contributed by atoms with Crippen LogP contribution in [0.2, 0.25) is 0 Å². The van der Waals surface area contributed by atoms with E-state index in [1.807, 2.05) is 13.0 Å². The normalized spacial score (nSPS) is 9.30. The molecular weight excluding hydrogens is 128 g/mol. The van der Waals surface area contributed by atoms with Gasteiger partial charge in [-0.2, -0.15) is 5.84 Å². The fourth-order valence-electron chi connectivity index (χ4n) is 0.765. The van der Waals surface area contributed by atoms with Crippen LogP contribution < -0.4 is 5.84 Å². The van der Waals surface area contributed by atoms with Gasteiger partial charge in [-0.3, -0.25) is 0 Å². The summed E-state index contributed by atoms with van der Waals surface area (Å²) in [5.74, 6) is 4.96. The van der Waals surface area contributed by atoms with Crippen molar-refractivity contribution < 1.29 is 4.87 Å². The molecule has 0 saturated carbocycles. The molecule has 0 fully saturated rings. The van der Waals surface area contributed by atoms with Crippen LogP contribution in [-0.2, 0) is 0 Å². The van der Waals surface area contributed by atoms with Gasteiger partial charge < -0.3 is 0 Å². The molecular formula is C7H9N2O+. The van der Waals surface area contributed by atoms with E-state index < -0.39 is 0 Å². The number of nitrogens with zero attached hydrogens (tertiary/aromatic N) is 1. The first kappa shape index (κ1) is 6.74. The molecule has 0 saturated heterocycles. The van der Waals surface area contributed by atoms with Crippen LogP contribution in [0.1, 0.15) is 5.56 Å². The molecule has 1 rings (SSSR count). The largest absolute Gasteiger partial charge is 0.291 e. The number of aryl methyl sites for hydroxylation is 1. The zero-order valence-corrected chi connectivity index (χ0v) is 5.74. The van der Waals surface area contributed by atoms with Crippen molar-refractivity contribution >= 4 is 5.69 Å². The number of nitroso groups, excluding NO2 is 1. The van der Waals surface area contributed by atoms with Crippen LogP contribution in [0.4, 0.5) is 5.69 Å². The lowest BCUT2D eigenvalue weighted by molar-refractivity contribution is -0.474. The standard InChI is InChI=1S/C7H9N2O/c1-6-3-2-4-7(5-6)9(8)10/h2-5H,1H3,(H2,8,10)/q+1. The predicted molar refractivity (Wildman–Crippen MR) is 38.7 cm³/mol. The third kappa shape index (κ3) is 1.31. The molecule has 0 aliphatic carbocycles. The van der Waals surface area contributed by atoms with Crippen LogP contribution >= 0.6 is 0 Å². The number of hydrogen-bond acceptors (Lipinski definition) is 1. The van der Waals surface area contributed by atoms with Crippen molar-refractivity contribution in [1.82, 2.24) is 0 Å². The Morgan fingerprint density at radius 2 is 2.20 bits per heavy atom. The summed E-state index contributed by atoms with van der Waals surface area (Å²) < 4.78 is 0. The lowest BCUT2D eigenvalue weighted by atomic mass is 10.2. The highest BCUT2D eigenvalue weighted by atomic mass is 16.3. The van der Waals surface area contributed by atoms with Gasteiger partial charge in [-0.05, 0) is 12.5 Å². The second kappa shape index (κ2) is 2.47. The maximum Gasteiger partial charge on any atom is 0.291 e. The molecule has 0 heterocycles. The fraction of sp³-hybridized carbons (Fsp3) is 0.143. The highest BCUT2D eigenvalue weighted by molar-refractivity contribution is 5.32. The molecule has 1 aromatic carbocycles. The Morgan fingerprint density at radius 1 is 1.50 bits per heavy atom. The Bertz CT molecular complexity index is 258. The SMILES string of the molecule is Cc1cccc([N+](N)=O)c1. The van der Waals surface area contributed by atoms with Crippen LogP contribution in [0.15, 0.2) is 24.3 Å². The van der Waals surface area contributed by atoms with E-state index in [4.69, 9.17) is 5.84 Å². The van der Waals surface area contributed by atoms with E-state index in [-0.39, 0.29) is 0 Å². The van der Waals surface area contributed by atoms with Gasteiger partial charge in [0.25, 0.3) is 5.69 Å². The first-order valence-electron chi connectivity index (χ1n) is 2.99. The summed E-state index contributed by atoms with van der Waals surface area (Å²) in [5.41, 5.74) is 1.52. The average Bonchev–Trinajstić information content (AvgIpc) is 1.88. The Labute approximate surface area is 59.0 Å². The lowest BCUT2D eigenvalue weighted by Gasteiger charge is -1.87. The molecule has 2 N–H and O–H groups in total. The fourth-order valence-corrected chi connectivity index (χ4v) is 0.765. The van der Waals surface area contributed by atoms with Crippen molar-refractivity contribution in [2.75, 3.05) is 0 Å². The minimum Gasteiger partial charge on any atom is -0.159 e. The Hall–Kier alpha value is -1.38. The van der Waals surface area contributed by atoms with Crippen molar-refractivity contribution in [3.05, 3.63) is 34.7 Å². The number of hydrazine groups is 1. The van der Waals surface area contributed by atoms with Gasteiger partial charge >= 0.3 is 0 Å². The molecule has 0 bridgehead atoms. The Kier molecular flexibility index (Phi) is 1.67. The molecule has 10 heavy (non-hydrogen) atoms. The summed E-state index contributed by atoms with van der Waals surface area (Å²) in [7, 11) is 0. The van der Waals surface area contributed by atoms with Gasteiger partial charge in [0.1, 0.15) is 0 Å². The molecule has 0 spiro atoms. The van der Waals surface area contributed by atoms with E-state index in [0.717, 1.165) is 5.56 Å². The van der Waals surface area contributed by atoms with E-state index >= 15 is 0 Å². The molecule has 1 aromatic rings. The molecule has 0 amide bonds. The van der Waals surface area contributed by atoms with Crippen molar-refractivity contribution in [1.29, 1.82) is 0 Å². The summed E-state index contributed by atoms with van der Waals surface area (Å²) in [6.45, 7) is 1.91. The Morgan fingerprint density at radius 3 is 2.60 bits per heavy atom. The molecule has 3 nitrogen and oxygen atoms in total. The van der Waals surface area contributed by atoms with Crippen molar-refractivity contribution in [2.24, 2.45) is 5.84 Å². The minimum atomic E-state index is 0.354. The van der Waals surface area contributed by atoms with Crippen molar-refractivity contribution in [2.45, 2.75) is 6.92 Å². The average molecular weight is 137 g/mol. The third-order valence-corrected chi connectivity index (χ3v) is 1.26. The quantitative estimate of drug-likeness (QED) is 0.360. The monoisotopic (exact) mass is 137 g/mol. The van der Waals surface area contributed by atoms with Crippen molar-refractivity contribution in [3.63, 3.8) is 0 Å². The molecule has 52 valence electrons. The molecule has 0 aliphatic heterocycles. The van der Waals surface area contributed by atoms with E-state index in [1.54, 1.807) is 18.2 Å². The molecule has 3 heteroatoms. The predicted octanol–water partition coefficient (Wildman–Crippen LogP) is 1.28. The molecule has 0 aliphatic rings. The van der Waals surface area contributed by atoms with Gasteiger partial charge in [-0.1, -0.05) is 12.1 Å². The molecule has 0 atom stereocenters. The zero-order chi connectivity index (χ0) is 7.56. The third-order valence-electron chi connectivity index (χ3n) is 1.26.